The molecule has 0 aliphatic rings. The maximum Gasteiger partial charge on any atom is 0.242 e. The summed E-state index contributed by atoms with van der Waals surface area (Å²) in [6.07, 6.45) is 1.32. The van der Waals surface area contributed by atoms with Crippen LogP contribution in [0.3, 0.4) is 0 Å². The lowest BCUT2D eigenvalue weighted by molar-refractivity contribution is -0.141. The van der Waals surface area contributed by atoms with Gasteiger partial charge in [0.05, 0.1) is 6.61 Å². The van der Waals surface area contributed by atoms with Crippen molar-refractivity contribution in [3.63, 3.8) is 0 Å². The van der Waals surface area contributed by atoms with Crippen molar-refractivity contribution in [2.45, 2.75) is 52.6 Å². The van der Waals surface area contributed by atoms with E-state index >= 15 is 0 Å². The van der Waals surface area contributed by atoms with Crippen LogP contribution in [-0.4, -0.2) is 35.9 Å². The fraction of sp³-hybridized carbons (Fsp3) is 0.417. The first-order chi connectivity index (χ1) is 14.8. The van der Waals surface area contributed by atoms with Crippen molar-refractivity contribution in [3.8, 4) is 5.75 Å². The van der Waals surface area contributed by atoms with Crippen LogP contribution in [0.2, 0.25) is 10.0 Å². The van der Waals surface area contributed by atoms with Crippen LogP contribution in [0.1, 0.15) is 44.2 Å². The number of carbonyl (C=O) groups excluding carboxylic acids is 2. The van der Waals surface area contributed by atoms with E-state index in [-0.39, 0.29) is 24.8 Å². The number of amides is 2. The highest BCUT2D eigenvalue weighted by Crippen LogP contribution is 2.24. The molecule has 1 N–H and O–H groups in total. The summed E-state index contributed by atoms with van der Waals surface area (Å²) >= 11 is 12.3. The number of aryl methyl sites for hydroxylation is 1. The molecule has 0 saturated carbocycles. The number of carbonyl (C=O) groups is 2. The molecular formula is C24H30Cl2N2O3. The monoisotopic (exact) mass is 464 g/mol. The molecule has 2 rings (SSSR count). The largest absolute Gasteiger partial charge is 0.494 e. The van der Waals surface area contributed by atoms with E-state index in [1.807, 2.05) is 45.0 Å². The molecule has 1 atom stereocenters. The molecule has 0 heterocycles. The molecule has 0 bridgehead atoms. The third-order valence-corrected chi connectivity index (χ3v) is 5.50. The molecule has 2 aromatic carbocycles. The first kappa shape index (κ1) is 25.0. The lowest BCUT2D eigenvalue weighted by Crippen LogP contribution is -2.49. The Morgan fingerprint density at radius 2 is 1.81 bits per heavy atom. The Bertz CT molecular complexity index is 872. The second kappa shape index (κ2) is 12.6. The molecule has 0 unspecified atom stereocenters. The summed E-state index contributed by atoms with van der Waals surface area (Å²) in [4.78, 5) is 27.3. The molecule has 5 nitrogen and oxygen atoms in total. The summed E-state index contributed by atoms with van der Waals surface area (Å²) in [7, 11) is 0. The molecule has 0 radical (unpaired) electrons. The number of nitrogens with zero attached hydrogens (tertiary/aromatic N) is 1. The van der Waals surface area contributed by atoms with Gasteiger partial charge < -0.3 is 15.0 Å². The number of likely N-dealkylation sites (N-methyl/N-ethyl adjacent to an activating group) is 1. The van der Waals surface area contributed by atoms with Gasteiger partial charge in [-0.3, -0.25) is 9.59 Å². The third kappa shape index (κ3) is 7.75. The van der Waals surface area contributed by atoms with E-state index < -0.39 is 6.04 Å². The molecule has 31 heavy (non-hydrogen) atoms. The number of hydrogen-bond donors (Lipinski definition) is 1. The molecule has 168 valence electrons. The van der Waals surface area contributed by atoms with E-state index in [1.165, 1.54) is 0 Å². The summed E-state index contributed by atoms with van der Waals surface area (Å²) in [5.74, 6) is 0.493. The lowest BCUT2D eigenvalue weighted by Gasteiger charge is -2.31. The predicted molar refractivity (Wildman–Crippen MR) is 126 cm³/mol. The number of nitrogens with one attached hydrogen (secondary N) is 1. The summed E-state index contributed by atoms with van der Waals surface area (Å²) in [5.41, 5.74) is 1.91. The van der Waals surface area contributed by atoms with Crippen LogP contribution in [0.25, 0.3) is 0 Å². The van der Waals surface area contributed by atoms with Gasteiger partial charge in [0.1, 0.15) is 11.8 Å². The summed E-state index contributed by atoms with van der Waals surface area (Å²) < 4.78 is 5.73. The SMILES string of the molecule is CCNC(=O)[C@@H](CC)N(Cc1ccc(Cl)cc1Cl)C(=O)CCCOc1ccc(C)cc1. The van der Waals surface area contributed by atoms with Gasteiger partial charge in [-0.15, -0.1) is 0 Å². The van der Waals surface area contributed by atoms with Crippen molar-refractivity contribution < 1.29 is 14.3 Å². The van der Waals surface area contributed by atoms with Crippen LogP contribution >= 0.6 is 23.2 Å². The van der Waals surface area contributed by atoms with Crippen LogP contribution in [0.4, 0.5) is 0 Å². The van der Waals surface area contributed by atoms with Crippen LogP contribution in [-0.2, 0) is 16.1 Å². The highest BCUT2D eigenvalue weighted by Gasteiger charge is 2.28. The van der Waals surface area contributed by atoms with Gasteiger partial charge >= 0.3 is 0 Å². The zero-order valence-corrected chi connectivity index (χ0v) is 19.8. The van der Waals surface area contributed by atoms with E-state index in [2.05, 4.69) is 5.32 Å². The minimum Gasteiger partial charge on any atom is -0.494 e. The van der Waals surface area contributed by atoms with Gasteiger partial charge in [0.25, 0.3) is 0 Å². The molecular weight excluding hydrogens is 435 g/mol. The Morgan fingerprint density at radius 3 is 2.42 bits per heavy atom. The minimum absolute atomic E-state index is 0.114. The van der Waals surface area contributed by atoms with Crippen molar-refractivity contribution in [1.82, 2.24) is 10.2 Å². The average Bonchev–Trinajstić information content (AvgIpc) is 2.74. The van der Waals surface area contributed by atoms with E-state index in [1.54, 1.807) is 23.1 Å². The third-order valence-electron chi connectivity index (χ3n) is 4.92. The lowest BCUT2D eigenvalue weighted by atomic mass is 10.1. The van der Waals surface area contributed by atoms with Gasteiger partial charge in [0.2, 0.25) is 11.8 Å². The number of rotatable bonds is 11. The zero-order valence-electron chi connectivity index (χ0n) is 18.3. The quantitative estimate of drug-likeness (QED) is 0.452. The second-order valence-electron chi connectivity index (χ2n) is 7.34. The predicted octanol–water partition coefficient (Wildman–Crippen LogP) is 5.40. The van der Waals surface area contributed by atoms with Crippen molar-refractivity contribution in [3.05, 3.63) is 63.6 Å². The molecule has 2 aromatic rings. The van der Waals surface area contributed by atoms with Crippen LogP contribution in [0.5, 0.6) is 5.75 Å². The van der Waals surface area contributed by atoms with Crippen molar-refractivity contribution in [2.75, 3.05) is 13.2 Å². The summed E-state index contributed by atoms with van der Waals surface area (Å²) in [5, 5.41) is 3.82. The van der Waals surface area contributed by atoms with E-state index in [4.69, 9.17) is 27.9 Å². The number of halogens is 2. The maximum atomic E-state index is 13.1. The second-order valence-corrected chi connectivity index (χ2v) is 8.18. The smallest absolute Gasteiger partial charge is 0.242 e. The highest BCUT2D eigenvalue weighted by atomic mass is 35.5. The number of ether oxygens (including phenoxy) is 1. The van der Waals surface area contributed by atoms with Crippen LogP contribution in [0, 0.1) is 6.92 Å². The molecule has 7 heteroatoms. The minimum atomic E-state index is -0.572. The van der Waals surface area contributed by atoms with Gasteiger partial charge in [-0.25, -0.2) is 0 Å². The molecule has 0 spiro atoms. The topological polar surface area (TPSA) is 58.6 Å². The molecule has 0 aliphatic heterocycles. The Kier molecular flexibility index (Phi) is 10.2. The first-order valence-electron chi connectivity index (χ1n) is 10.6. The van der Waals surface area contributed by atoms with E-state index in [0.29, 0.717) is 36.0 Å². The molecule has 0 aliphatic carbocycles. The summed E-state index contributed by atoms with van der Waals surface area (Å²) in [6.45, 7) is 6.93. The van der Waals surface area contributed by atoms with Gasteiger partial charge in [-0.1, -0.05) is 53.9 Å². The number of hydrogen-bond acceptors (Lipinski definition) is 3. The van der Waals surface area contributed by atoms with E-state index in [9.17, 15) is 9.59 Å². The standard InChI is InChI=1S/C24H30Cl2N2O3/c1-4-22(24(30)27-5-2)28(16-18-10-11-19(25)15-21(18)26)23(29)7-6-14-31-20-12-8-17(3)9-13-20/h8-13,15,22H,4-7,14,16H2,1-3H3,(H,27,30)/t22-/m1/s1. The first-order valence-corrected chi connectivity index (χ1v) is 11.3. The fourth-order valence-corrected chi connectivity index (χ4v) is 3.70. The van der Waals surface area contributed by atoms with Gasteiger partial charge in [-0.05, 0) is 56.5 Å². The maximum absolute atomic E-state index is 13.1. The Hall–Kier alpha value is -2.24. The molecule has 0 fully saturated rings. The van der Waals surface area contributed by atoms with Crippen LogP contribution < -0.4 is 10.1 Å². The van der Waals surface area contributed by atoms with E-state index in [0.717, 1.165) is 16.9 Å². The van der Waals surface area contributed by atoms with Crippen LogP contribution in [0.15, 0.2) is 42.5 Å². The average molecular weight is 465 g/mol. The van der Waals surface area contributed by atoms with Crippen molar-refractivity contribution >= 4 is 35.0 Å². The normalized spacial score (nSPS) is 11.6. The van der Waals surface area contributed by atoms with Gasteiger partial charge in [-0.2, -0.15) is 0 Å². The van der Waals surface area contributed by atoms with Crippen molar-refractivity contribution in [2.24, 2.45) is 0 Å². The summed E-state index contributed by atoms with van der Waals surface area (Å²) in [6, 6.07) is 12.4. The fourth-order valence-electron chi connectivity index (χ4n) is 3.24. The van der Waals surface area contributed by atoms with Gasteiger partial charge in [0.15, 0.2) is 0 Å². The molecule has 2 amide bonds. The highest BCUT2D eigenvalue weighted by molar-refractivity contribution is 6.35. The zero-order chi connectivity index (χ0) is 22.8. The van der Waals surface area contributed by atoms with Gasteiger partial charge in [0, 0.05) is 29.6 Å². The molecule has 0 aromatic heterocycles. The molecule has 0 saturated heterocycles. The van der Waals surface area contributed by atoms with Crippen molar-refractivity contribution in [1.29, 1.82) is 0 Å². The Balaban J connectivity index is 2.07. The Morgan fingerprint density at radius 1 is 1.10 bits per heavy atom. The number of benzene rings is 2. The Labute approximate surface area is 194 Å².